The molecule has 6 nitrogen and oxygen atoms in total. The van der Waals surface area contributed by atoms with Crippen molar-refractivity contribution in [2.75, 3.05) is 7.11 Å². The lowest BCUT2D eigenvalue weighted by Crippen LogP contribution is -2.13. The van der Waals surface area contributed by atoms with Crippen LogP contribution in [-0.2, 0) is 14.8 Å². The third-order valence-corrected chi connectivity index (χ3v) is 2.34. The van der Waals surface area contributed by atoms with Gasteiger partial charge in [0.05, 0.1) is 12.7 Å². The van der Waals surface area contributed by atoms with Gasteiger partial charge in [-0.3, -0.25) is 4.98 Å². The van der Waals surface area contributed by atoms with Gasteiger partial charge in [-0.15, -0.1) is 0 Å². The average Bonchev–Trinajstić information content (AvgIpc) is 2.15. The predicted molar refractivity (Wildman–Crippen MR) is 46.9 cm³/mol. The first-order chi connectivity index (χ1) is 6.45. The number of pyridine rings is 1. The van der Waals surface area contributed by atoms with Crippen molar-refractivity contribution in [3.8, 4) is 0 Å². The summed E-state index contributed by atoms with van der Waals surface area (Å²) < 4.78 is 26.2. The van der Waals surface area contributed by atoms with Gasteiger partial charge in [-0.1, -0.05) is 0 Å². The molecule has 0 bridgehead atoms. The maximum atomic E-state index is 11.0. The van der Waals surface area contributed by atoms with E-state index in [1.165, 1.54) is 13.3 Å². The molecule has 0 unspecified atom stereocenters. The van der Waals surface area contributed by atoms with E-state index in [9.17, 15) is 13.2 Å². The van der Waals surface area contributed by atoms with Crippen LogP contribution in [0.4, 0.5) is 0 Å². The molecule has 1 aromatic rings. The van der Waals surface area contributed by atoms with Crippen molar-refractivity contribution in [1.82, 2.24) is 4.98 Å². The summed E-state index contributed by atoms with van der Waals surface area (Å²) in [5, 5.41) is 4.85. The Labute approximate surface area is 80.8 Å². The fourth-order valence-corrected chi connectivity index (χ4v) is 1.30. The summed E-state index contributed by atoms with van der Waals surface area (Å²) in [5.74, 6) is -0.664. The Kier molecular flexibility index (Phi) is 2.82. The third-order valence-electron chi connectivity index (χ3n) is 1.46. The second kappa shape index (κ2) is 3.72. The number of hydrogen-bond acceptors (Lipinski definition) is 5. The monoisotopic (exact) mass is 216 g/mol. The summed E-state index contributed by atoms with van der Waals surface area (Å²) in [6.07, 6.45) is 2.25. The molecule has 0 saturated heterocycles. The molecule has 0 atom stereocenters. The van der Waals surface area contributed by atoms with Crippen LogP contribution < -0.4 is 5.14 Å². The molecule has 14 heavy (non-hydrogen) atoms. The molecule has 0 aliphatic heterocycles. The van der Waals surface area contributed by atoms with E-state index in [0.717, 1.165) is 12.3 Å². The average molecular weight is 216 g/mol. The van der Waals surface area contributed by atoms with Crippen molar-refractivity contribution in [3.63, 3.8) is 0 Å². The lowest BCUT2D eigenvalue weighted by atomic mass is 10.3. The first-order valence-corrected chi connectivity index (χ1v) is 5.06. The molecule has 0 aliphatic rings. The van der Waals surface area contributed by atoms with E-state index in [1.807, 2.05) is 0 Å². The van der Waals surface area contributed by atoms with Crippen LogP contribution in [0, 0.1) is 0 Å². The molecule has 1 rings (SSSR count). The minimum Gasteiger partial charge on any atom is -0.465 e. The molecule has 0 aromatic carbocycles. The van der Waals surface area contributed by atoms with Crippen LogP contribution in [-0.4, -0.2) is 26.5 Å². The highest BCUT2D eigenvalue weighted by molar-refractivity contribution is 7.89. The molecule has 7 heteroatoms. The van der Waals surface area contributed by atoms with E-state index in [0.29, 0.717) is 0 Å². The molecule has 2 N–H and O–H groups in total. The number of methoxy groups -OCH3 is 1. The van der Waals surface area contributed by atoms with Crippen molar-refractivity contribution in [2.24, 2.45) is 5.14 Å². The number of carbonyl (C=O) groups excluding carboxylic acids is 1. The maximum Gasteiger partial charge on any atom is 0.339 e. The largest absolute Gasteiger partial charge is 0.465 e. The van der Waals surface area contributed by atoms with Crippen molar-refractivity contribution in [2.45, 2.75) is 4.90 Å². The van der Waals surface area contributed by atoms with Gasteiger partial charge in [-0.05, 0) is 6.07 Å². The minimum absolute atomic E-state index is 0.0408. The van der Waals surface area contributed by atoms with E-state index < -0.39 is 16.0 Å². The minimum atomic E-state index is -3.84. The Morgan fingerprint density at radius 1 is 1.50 bits per heavy atom. The summed E-state index contributed by atoms with van der Waals surface area (Å²) >= 11 is 0. The third kappa shape index (κ3) is 2.27. The number of sulfonamides is 1. The molecule has 1 aromatic heterocycles. The predicted octanol–water partition coefficient (Wildman–Crippen LogP) is -0.484. The van der Waals surface area contributed by atoms with Crippen LogP contribution in [0.2, 0.25) is 0 Å². The Morgan fingerprint density at radius 3 is 2.64 bits per heavy atom. The number of esters is 1. The Bertz CT molecular complexity index is 455. The summed E-state index contributed by atoms with van der Waals surface area (Å²) in [5.41, 5.74) is 0.0408. The summed E-state index contributed by atoms with van der Waals surface area (Å²) in [6.45, 7) is 0. The van der Waals surface area contributed by atoms with Gasteiger partial charge in [0.15, 0.2) is 0 Å². The maximum absolute atomic E-state index is 11.0. The topological polar surface area (TPSA) is 99.3 Å². The highest BCUT2D eigenvalue weighted by Gasteiger charge is 2.12. The number of ether oxygens (including phenoxy) is 1. The number of aromatic nitrogens is 1. The molecular weight excluding hydrogens is 208 g/mol. The molecule has 0 saturated carbocycles. The van der Waals surface area contributed by atoms with Crippen LogP contribution >= 0.6 is 0 Å². The second-order valence-corrected chi connectivity index (χ2v) is 4.01. The van der Waals surface area contributed by atoms with Crippen LogP contribution in [0.1, 0.15) is 10.4 Å². The normalized spacial score (nSPS) is 11.0. The molecule has 0 spiro atoms. The molecule has 0 amide bonds. The summed E-state index contributed by atoms with van der Waals surface area (Å²) in [6, 6.07) is 1.11. The second-order valence-electron chi connectivity index (χ2n) is 2.45. The van der Waals surface area contributed by atoms with Crippen molar-refractivity contribution in [1.29, 1.82) is 0 Å². The van der Waals surface area contributed by atoms with Gasteiger partial charge in [0, 0.05) is 12.4 Å². The fraction of sp³-hybridized carbons (Fsp3) is 0.143. The first-order valence-electron chi connectivity index (χ1n) is 3.51. The molecule has 76 valence electrons. The van der Waals surface area contributed by atoms with Gasteiger partial charge >= 0.3 is 5.97 Å². The molecule has 0 radical (unpaired) electrons. The zero-order valence-corrected chi connectivity index (χ0v) is 8.11. The lowest BCUT2D eigenvalue weighted by Gasteiger charge is -2.00. The number of nitrogens with two attached hydrogens (primary N) is 1. The van der Waals surface area contributed by atoms with Crippen LogP contribution in [0.25, 0.3) is 0 Å². The number of primary sulfonamides is 1. The van der Waals surface area contributed by atoms with Crippen LogP contribution in [0.15, 0.2) is 23.4 Å². The molecular formula is C7H8N2O4S. The standard InChI is InChI=1S/C7H8N2O4S/c1-13-7(10)5-2-6(4-9-3-5)14(8,11)12/h2-4H,1H3,(H2,8,11,12). The number of nitrogens with zero attached hydrogens (tertiary/aromatic N) is 1. The van der Waals surface area contributed by atoms with E-state index in [4.69, 9.17) is 5.14 Å². The summed E-state index contributed by atoms with van der Waals surface area (Å²) in [7, 11) is -2.65. The van der Waals surface area contributed by atoms with Gasteiger partial charge in [0.2, 0.25) is 10.0 Å². The van der Waals surface area contributed by atoms with Gasteiger partial charge in [0.25, 0.3) is 0 Å². The van der Waals surface area contributed by atoms with Crippen LogP contribution in [0.5, 0.6) is 0 Å². The van der Waals surface area contributed by atoms with E-state index in [-0.39, 0.29) is 10.5 Å². The van der Waals surface area contributed by atoms with E-state index in [2.05, 4.69) is 9.72 Å². The lowest BCUT2D eigenvalue weighted by molar-refractivity contribution is 0.0600. The van der Waals surface area contributed by atoms with Crippen molar-refractivity contribution < 1.29 is 17.9 Å². The number of rotatable bonds is 2. The SMILES string of the molecule is COC(=O)c1cncc(S(N)(=O)=O)c1. The molecule has 0 aliphatic carbocycles. The number of hydrogen-bond donors (Lipinski definition) is 1. The zero-order chi connectivity index (χ0) is 10.8. The quantitative estimate of drug-likeness (QED) is 0.673. The smallest absolute Gasteiger partial charge is 0.339 e. The molecule has 1 heterocycles. The van der Waals surface area contributed by atoms with Crippen molar-refractivity contribution in [3.05, 3.63) is 24.0 Å². The van der Waals surface area contributed by atoms with E-state index in [1.54, 1.807) is 0 Å². The van der Waals surface area contributed by atoms with Gasteiger partial charge in [-0.25, -0.2) is 18.4 Å². The summed E-state index contributed by atoms with van der Waals surface area (Å²) in [4.78, 5) is 14.3. The van der Waals surface area contributed by atoms with Crippen LogP contribution in [0.3, 0.4) is 0 Å². The zero-order valence-electron chi connectivity index (χ0n) is 7.30. The number of carbonyl (C=O) groups is 1. The first kappa shape index (κ1) is 10.6. The Hall–Kier alpha value is -1.47. The highest BCUT2D eigenvalue weighted by atomic mass is 32.2. The Morgan fingerprint density at radius 2 is 2.14 bits per heavy atom. The highest BCUT2D eigenvalue weighted by Crippen LogP contribution is 2.08. The molecule has 0 fully saturated rings. The van der Waals surface area contributed by atoms with Crippen molar-refractivity contribution >= 4 is 16.0 Å². The Balaban J connectivity index is 3.21. The van der Waals surface area contributed by atoms with Gasteiger partial charge in [0.1, 0.15) is 4.90 Å². The van der Waals surface area contributed by atoms with Gasteiger partial charge in [-0.2, -0.15) is 0 Å². The fourth-order valence-electron chi connectivity index (χ4n) is 0.804. The van der Waals surface area contributed by atoms with E-state index >= 15 is 0 Å². The van der Waals surface area contributed by atoms with Gasteiger partial charge < -0.3 is 4.74 Å².